The zero-order valence-corrected chi connectivity index (χ0v) is 35.7. The number of furan rings is 2. The first kappa shape index (κ1) is 36.1. The Morgan fingerprint density at radius 2 is 0.937 bits per heavy atom. The lowest BCUT2D eigenvalue weighted by atomic mass is 9.81. The molecular weight excluding hydrogens is 767 g/mol. The molecule has 300 valence electrons. The highest BCUT2D eigenvalue weighted by Crippen LogP contribution is 2.54. The number of hydrogen-bond donors (Lipinski definition) is 0. The number of rotatable bonds is 5. The van der Waals surface area contributed by atoms with Crippen LogP contribution >= 0.6 is 0 Å². The molecule has 11 aromatic rings. The summed E-state index contributed by atoms with van der Waals surface area (Å²) in [6.45, 7) is 9.39. The second kappa shape index (κ2) is 13.0. The number of nitrogens with zero attached hydrogens (tertiary/aromatic N) is 1. The van der Waals surface area contributed by atoms with Crippen molar-refractivity contribution in [3.63, 3.8) is 0 Å². The van der Waals surface area contributed by atoms with Crippen LogP contribution in [0.5, 0.6) is 0 Å². The molecule has 3 heteroatoms. The second-order valence-corrected chi connectivity index (χ2v) is 18.4. The van der Waals surface area contributed by atoms with Gasteiger partial charge in [-0.15, -0.1) is 0 Å². The van der Waals surface area contributed by atoms with Crippen molar-refractivity contribution in [3.8, 4) is 44.5 Å². The van der Waals surface area contributed by atoms with E-state index >= 15 is 0 Å². The van der Waals surface area contributed by atoms with Gasteiger partial charge in [0.2, 0.25) is 0 Å². The van der Waals surface area contributed by atoms with Crippen LogP contribution in [0.2, 0.25) is 0 Å². The topological polar surface area (TPSA) is 29.5 Å². The standard InChI is InChI=1S/C60H43NO2/c1-59(2)47-20-11-8-17-41(47)43-31-27-38(33-49(43)59)55-57-45-19-10-13-23-52(45)62-54(57)35-46-56-51(22-14-24-53(56)63-58(46)55)61(39-28-25-37(26-29-39)36-15-6-5-7-16-36)40-30-32-44-42-18-9-12-21-48(42)60(3,4)50(44)34-40/h5-35H,1-4H3. The van der Waals surface area contributed by atoms with Crippen LogP contribution in [0.1, 0.15) is 49.9 Å². The number of fused-ring (bicyclic) bond motifs is 12. The van der Waals surface area contributed by atoms with E-state index in [1.807, 2.05) is 0 Å². The Hall–Kier alpha value is -7.62. The Labute approximate surface area is 366 Å². The van der Waals surface area contributed by atoms with E-state index in [9.17, 15) is 0 Å². The van der Waals surface area contributed by atoms with E-state index in [2.05, 4.69) is 221 Å². The summed E-state index contributed by atoms with van der Waals surface area (Å²) in [6.07, 6.45) is 0. The van der Waals surface area contributed by atoms with Crippen molar-refractivity contribution in [1.29, 1.82) is 0 Å². The van der Waals surface area contributed by atoms with Gasteiger partial charge in [-0.3, -0.25) is 0 Å². The molecule has 13 rings (SSSR count). The van der Waals surface area contributed by atoms with Gasteiger partial charge in [-0.1, -0.05) is 161 Å². The van der Waals surface area contributed by atoms with Crippen LogP contribution in [0.25, 0.3) is 88.4 Å². The van der Waals surface area contributed by atoms with Gasteiger partial charge in [0, 0.05) is 43.9 Å². The summed E-state index contributed by atoms with van der Waals surface area (Å²) in [6, 6.07) is 68.4. The SMILES string of the molecule is CC1(C)c2ccccc2-c2ccc(-c3c4oc5cccc(N(c6ccc(-c7ccccc7)cc6)c6ccc7c(c6)C(C)(C)c6ccccc6-7)c5c4cc4oc5ccccc5c34)cc21. The molecule has 2 aliphatic rings. The maximum absolute atomic E-state index is 7.22. The summed E-state index contributed by atoms with van der Waals surface area (Å²) < 4.78 is 14.0. The normalized spacial score (nSPS) is 14.3. The second-order valence-electron chi connectivity index (χ2n) is 18.4. The molecule has 2 heterocycles. The third kappa shape index (κ3) is 5.08. The van der Waals surface area contributed by atoms with Gasteiger partial charge in [-0.05, 0) is 116 Å². The van der Waals surface area contributed by atoms with Crippen LogP contribution in [-0.4, -0.2) is 0 Å². The molecule has 0 amide bonds. The maximum atomic E-state index is 7.22. The lowest BCUT2D eigenvalue weighted by molar-refractivity contribution is 0.660. The average Bonchev–Trinajstić information content (AvgIpc) is 4.01. The Balaban J connectivity index is 1.08. The smallest absolute Gasteiger partial charge is 0.144 e. The van der Waals surface area contributed by atoms with Crippen molar-refractivity contribution in [2.24, 2.45) is 0 Å². The lowest BCUT2D eigenvalue weighted by Crippen LogP contribution is -2.16. The molecule has 0 fully saturated rings. The fourth-order valence-electron chi connectivity index (χ4n) is 11.2. The van der Waals surface area contributed by atoms with Crippen molar-refractivity contribution in [2.75, 3.05) is 4.90 Å². The van der Waals surface area contributed by atoms with E-state index in [4.69, 9.17) is 8.83 Å². The quantitative estimate of drug-likeness (QED) is 0.173. The summed E-state index contributed by atoms with van der Waals surface area (Å²) in [5.41, 5.74) is 21.4. The van der Waals surface area contributed by atoms with E-state index in [0.29, 0.717) is 0 Å². The molecule has 0 saturated carbocycles. The Morgan fingerprint density at radius 3 is 1.68 bits per heavy atom. The molecule has 63 heavy (non-hydrogen) atoms. The van der Waals surface area contributed by atoms with Crippen molar-refractivity contribution < 1.29 is 8.83 Å². The molecule has 0 aliphatic heterocycles. The average molecular weight is 810 g/mol. The molecule has 0 atom stereocenters. The van der Waals surface area contributed by atoms with Crippen LogP contribution in [-0.2, 0) is 10.8 Å². The Bertz CT molecular complexity index is 3680. The van der Waals surface area contributed by atoms with Gasteiger partial charge in [0.15, 0.2) is 0 Å². The van der Waals surface area contributed by atoms with Gasteiger partial charge >= 0.3 is 0 Å². The number of hydrogen-bond acceptors (Lipinski definition) is 3. The largest absolute Gasteiger partial charge is 0.456 e. The van der Waals surface area contributed by atoms with Gasteiger partial charge in [-0.25, -0.2) is 0 Å². The summed E-state index contributed by atoms with van der Waals surface area (Å²) in [4.78, 5) is 2.42. The first-order chi connectivity index (χ1) is 30.8. The highest BCUT2D eigenvalue weighted by Gasteiger charge is 2.37. The van der Waals surface area contributed by atoms with Gasteiger partial charge in [-0.2, -0.15) is 0 Å². The number of benzene rings is 9. The minimum absolute atomic E-state index is 0.156. The van der Waals surface area contributed by atoms with Crippen molar-refractivity contribution in [1.82, 2.24) is 0 Å². The highest BCUT2D eigenvalue weighted by atomic mass is 16.3. The third-order valence-electron chi connectivity index (χ3n) is 14.3. The monoisotopic (exact) mass is 809 g/mol. The van der Waals surface area contributed by atoms with E-state index in [0.717, 1.165) is 72.1 Å². The predicted octanol–water partition coefficient (Wildman–Crippen LogP) is 16.9. The molecule has 0 bridgehead atoms. The van der Waals surface area contributed by atoms with Crippen molar-refractivity contribution in [3.05, 3.63) is 210 Å². The van der Waals surface area contributed by atoms with Gasteiger partial charge in [0.25, 0.3) is 0 Å². The fraction of sp³-hybridized carbons (Fsp3) is 0.100. The van der Waals surface area contributed by atoms with Crippen LogP contribution < -0.4 is 4.90 Å². The van der Waals surface area contributed by atoms with E-state index in [1.165, 1.54) is 55.6 Å². The van der Waals surface area contributed by atoms with Crippen LogP contribution in [0.4, 0.5) is 17.1 Å². The maximum Gasteiger partial charge on any atom is 0.144 e. The van der Waals surface area contributed by atoms with Crippen LogP contribution in [0.15, 0.2) is 197 Å². The zero-order chi connectivity index (χ0) is 42.2. The number of anilines is 3. The molecule has 2 aliphatic carbocycles. The minimum atomic E-state index is -0.160. The highest BCUT2D eigenvalue weighted by molar-refractivity contribution is 6.25. The van der Waals surface area contributed by atoms with Gasteiger partial charge in [0.05, 0.1) is 11.1 Å². The summed E-state index contributed by atoms with van der Waals surface area (Å²) in [5.74, 6) is 0. The summed E-state index contributed by atoms with van der Waals surface area (Å²) in [7, 11) is 0. The summed E-state index contributed by atoms with van der Waals surface area (Å²) in [5, 5.41) is 4.21. The lowest BCUT2D eigenvalue weighted by Gasteiger charge is -2.28. The summed E-state index contributed by atoms with van der Waals surface area (Å²) >= 11 is 0. The molecule has 9 aromatic carbocycles. The third-order valence-corrected chi connectivity index (χ3v) is 14.3. The number of para-hydroxylation sites is 1. The minimum Gasteiger partial charge on any atom is -0.456 e. The molecular formula is C60H43NO2. The molecule has 0 N–H and O–H groups in total. The molecule has 0 saturated heterocycles. The Morgan fingerprint density at radius 1 is 0.365 bits per heavy atom. The zero-order valence-electron chi connectivity index (χ0n) is 35.7. The molecule has 2 aromatic heterocycles. The van der Waals surface area contributed by atoms with E-state index in [-0.39, 0.29) is 10.8 Å². The first-order valence-electron chi connectivity index (χ1n) is 22.0. The van der Waals surface area contributed by atoms with Crippen molar-refractivity contribution in [2.45, 2.75) is 38.5 Å². The van der Waals surface area contributed by atoms with Crippen molar-refractivity contribution >= 4 is 60.9 Å². The van der Waals surface area contributed by atoms with Crippen LogP contribution in [0.3, 0.4) is 0 Å². The van der Waals surface area contributed by atoms with Gasteiger partial charge in [0.1, 0.15) is 22.3 Å². The van der Waals surface area contributed by atoms with Gasteiger partial charge < -0.3 is 13.7 Å². The Kier molecular flexibility index (Phi) is 7.42. The predicted molar refractivity (Wildman–Crippen MR) is 262 cm³/mol. The fourth-order valence-corrected chi connectivity index (χ4v) is 11.2. The van der Waals surface area contributed by atoms with E-state index in [1.54, 1.807) is 0 Å². The molecule has 0 spiro atoms. The first-order valence-corrected chi connectivity index (χ1v) is 22.0. The van der Waals surface area contributed by atoms with E-state index < -0.39 is 0 Å². The molecule has 0 unspecified atom stereocenters. The molecule has 0 radical (unpaired) electrons. The van der Waals surface area contributed by atoms with Crippen LogP contribution in [0, 0.1) is 0 Å². The molecule has 3 nitrogen and oxygen atoms in total.